The molecule has 0 spiro atoms. The number of aryl methyl sites for hydroxylation is 1. The third kappa shape index (κ3) is 4.80. The Hall–Kier alpha value is -4.08. The van der Waals surface area contributed by atoms with E-state index in [0.29, 0.717) is 22.6 Å². The second-order valence-electron chi connectivity index (χ2n) is 7.00. The molecule has 4 rings (SSSR count). The predicted octanol–water partition coefficient (Wildman–Crippen LogP) is 4.37. The number of carbonyl (C=O) groups is 1. The van der Waals surface area contributed by atoms with Crippen LogP contribution in [0.5, 0.6) is 0 Å². The zero-order chi connectivity index (χ0) is 22.7. The van der Waals surface area contributed by atoms with Crippen LogP contribution in [0, 0.1) is 6.92 Å². The smallest absolute Gasteiger partial charge is 0.342 e. The largest absolute Gasteiger partial charge is 0.433 e. The first-order chi connectivity index (χ1) is 15.3. The van der Waals surface area contributed by atoms with Crippen LogP contribution in [0.3, 0.4) is 0 Å². The Morgan fingerprint density at radius 1 is 0.969 bits per heavy atom. The second-order valence-corrected chi connectivity index (χ2v) is 7.00. The molecule has 4 heterocycles. The molecule has 0 radical (unpaired) electrons. The highest BCUT2D eigenvalue weighted by Crippen LogP contribution is 2.31. The van der Waals surface area contributed by atoms with E-state index in [-0.39, 0.29) is 12.5 Å². The summed E-state index contributed by atoms with van der Waals surface area (Å²) in [5.74, 6) is 0.0531. The van der Waals surface area contributed by atoms with Gasteiger partial charge in [0, 0.05) is 42.2 Å². The quantitative estimate of drug-likeness (QED) is 0.500. The van der Waals surface area contributed by atoms with Gasteiger partial charge in [0.25, 0.3) is 0 Å². The molecule has 7 nitrogen and oxygen atoms in total. The van der Waals surface area contributed by atoms with Crippen molar-refractivity contribution in [3.63, 3.8) is 0 Å². The molecule has 0 bridgehead atoms. The van der Waals surface area contributed by atoms with Crippen molar-refractivity contribution in [3.8, 4) is 22.4 Å². The van der Waals surface area contributed by atoms with Gasteiger partial charge < -0.3 is 9.88 Å². The van der Waals surface area contributed by atoms with E-state index in [1.54, 1.807) is 60.7 Å². The van der Waals surface area contributed by atoms with E-state index in [2.05, 4.69) is 25.3 Å². The highest BCUT2D eigenvalue weighted by atomic mass is 19.4. The maximum absolute atomic E-state index is 12.9. The zero-order valence-corrected chi connectivity index (χ0v) is 16.8. The zero-order valence-electron chi connectivity index (χ0n) is 16.8. The first-order valence-corrected chi connectivity index (χ1v) is 9.52. The van der Waals surface area contributed by atoms with Gasteiger partial charge in [0.15, 0.2) is 0 Å². The van der Waals surface area contributed by atoms with E-state index in [1.807, 2.05) is 0 Å². The van der Waals surface area contributed by atoms with Gasteiger partial charge in [-0.3, -0.25) is 19.7 Å². The number of carbonyl (C=O) groups excluding carboxylic acids is 1. The Balaban J connectivity index is 1.45. The van der Waals surface area contributed by atoms with E-state index >= 15 is 0 Å². The van der Waals surface area contributed by atoms with Crippen LogP contribution in [0.1, 0.15) is 11.4 Å². The minimum absolute atomic E-state index is 0.0172. The summed E-state index contributed by atoms with van der Waals surface area (Å²) in [4.78, 5) is 28.3. The standard InChI is InChI=1S/C22H17F3N6O/c1-14-8-17(15-4-5-28-19(9-15)22(23,24)25)12-31(14)13-21(32)30-20-3-2-16(10-29-20)18-11-26-6-7-27-18/h2-12H,13H2,1H3,(H,29,30,32). The molecule has 4 aromatic rings. The van der Waals surface area contributed by atoms with Crippen molar-refractivity contribution in [3.05, 3.63) is 78.9 Å². The van der Waals surface area contributed by atoms with Gasteiger partial charge in [-0.15, -0.1) is 0 Å². The lowest BCUT2D eigenvalue weighted by Gasteiger charge is -2.08. The summed E-state index contributed by atoms with van der Waals surface area (Å²) in [6, 6.07) is 7.63. The molecule has 162 valence electrons. The molecule has 0 aromatic carbocycles. The Morgan fingerprint density at radius 2 is 1.81 bits per heavy atom. The molecule has 0 saturated heterocycles. The number of rotatable bonds is 5. The van der Waals surface area contributed by atoms with Crippen LogP contribution in [0.4, 0.5) is 19.0 Å². The van der Waals surface area contributed by atoms with Gasteiger partial charge in [-0.05, 0) is 48.4 Å². The van der Waals surface area contributed by atoms with Crippen LogP contribution < -0.4 is 5.32 Å². The Kier molecular flexibility index (Phi) is 5.67. The lowest BCUT2D eigenvalue weighted by Crippen LogP contribution is -2.19. The summed E-state index contributed by atoms with van der Waals surface area (Å²) >= 11 is 0. The molecule has 0 aliphatic rings. The summed E-state index contributed by atoms with van der Waals surface area (Å²) in [5.41, 5.74) is 2.13. The average Bonchev–Trinajstić information content (AvgIpc) is 3.14. The lowest BCUT2D eigenvalue weighted by atomic mass is 10.1. The molecular weight excluding hydrogens is 421 g/mol. The van der Waals surface area contributed by atoms with Crippen molar-refractivity contribution in [2.45, 2.75) is 19.6 Å². The number of pyridine rings is 2. The molecule has 1 N–H and O–H groups in total. The van der Waals surface area contributed by atoms with Crippen LogP contribution in [-0.4, -0.2) is 30.4 Å². The predicted molar refractivity (Wildman–Crippen MR) is 111 cm³/mol. The van der Waals surface area contributed by atoms with Gasteiger partial charge in [0.1, 0.15) is 18.1 Å². The summed E-state index contributed by atoms with van der Waals surface area (Å²) in [7, 11) is 0. The molecule has 0 aliphatic heterocycles. The highest BCUT2D eigenvalue weighted by Gasteiger charge is 2.32. The topological polar surface area (TPSA) is 85.6 Å². The number of alkyl halides is 3. The molecule has 4 aromatic heterocycles. The molecule has 0 unspecified atom stereocenters. The normalized spacial score (nSPS) is 11.4. The Bertz CT molecular complexity index is 1240. The first kappa shape index (κ1) is 21.2. The Labute approximate surface area is 181 Å². The Morgan fingerprint density at radius 3 is 2.50 bits per heavy atom. The fourth-order valence-electron chi connectivity index (χ4n) is 3.11. The molecule has 0 fully saturated rings. The van der Waals surface area contributed by atoms with E-state index in [0.717, 1.165) is 23.5 Å². The van der Waals surface area contributed by atoms with Crippen molar-refractivity contribution < 1.29 is 18.0 Å². The summed E-state index contributed by atoms with van der Waals surface area (Å²) in [6.07, 6.45) is 4.58. The number of hydrogen-bond donors (Lipinski definition) is 1. The van der Waals surface area contributed by atoms with Gasteiger partial charge in [-0.25, -0.2) is 4.98 Å². The minimum atomic E-state index is -4.52. The number of halogens is 3. The summed E-state index contributed by atoms with van der Waals surface area (Å²) in [5, 5.41) is 2.71. The fraction of sp³-hybridized carbons (Fsp3) is 0.136. The van der Waals surface area contributed by atoms with Crippen molar-refractivity contribution >= 4 is 11.7 Å². The second kappa shape index (κ2) is 8.58. The number of hydrogen-bond acceptors (Lipinski definition) is 5. The van der Waals surface area contributed by atoms with Crippen LogP contribution in [0.2, 0.25) is 0 Å². The van der Waals surface area contributed by atoms with Crippen LogP contribution in [-0.2, 0) is 17.5 Å². The lowest BCUT2D eigenvalue weighted by molar-refractivity contribution is -0.141. The number of aromatic nitrogens is 5. The van der Waals surface area contributed by atoms with Gasteiger partial charge in [0.2, 0.25) is 5.91 Å². The third-order valence-electron chi connectivity index (χ3n) is 4.70. The summed E-state index contributed by atoms with van der Waals surface area (Å²) in [6.45, 7) is 1.76. The number of nitrogens with one attached hydrogen (secondary N) is 1. The molecule has 0 saturated carbocycles. The summed E-state index contributed by atoms with van der Waals surface area (Å²) < 4.78 is 40.5. The SMILES string of the molecule is Cc1cc(-c2ccnc(C(F)(F)F)c2)cn1CC(=O)Nc1ccc(-c2cnccn2)cn1. The van der Waals surface area contributed by atoms with Crippen molar-refractivity contribution in [1.82, 2.24) is 24.5 Å². The number of nitrogens with zero attached hydrogens (tertiary/aromatic N) is 5. The van der Waals surface area contributed by atoms with Crippen molar-refractivity contribution in [2.24, 2.45) is 0 Å². The molecule has 10 heteroatoms. The van der Waals surface area contributed by atoms with Crippen LogP contribution in [0.25, 0.3) is 22.4 Å². The van der Waals surface area contributed by atoms with E-state index in [9.17, 15) is 18.0 Å². The maximum atomic E-state index is 12.9. The third-order valence-corrected chi connectivity index (χ3v) is 4.70. The molecular formula is C22H17F3N6O. The highest BCUT2D eigenvalue weighted by molar-refractivity contribution is 5.90. The molecule has 32 heavy (non-hydrogen) atoms. The van der Waals surface area contributed by atoms with E-state index in [4.69, 9.17) is 0 Å². The monoisotopic (exact) mass is 438 g/mol. The van der Waals surface area contributed by atoms with Crippen molar-refractivity contribution in [1.29, 1.82) is 0 Å². The molecule has 0 atom stereocenters. The van der Waals surface area contributed by atoms with Crippen molar-refractivity contribution in [2.75, 3.05) is 5.32 Å². The van der Waals surface area contributed by atoms with Gasteiger partial charge >= 0.3 is 6.18 Å². The molecule has 0 aliphatic carbocycles. The molecule has 1 amide bonds. The van der Waals surface area contributed by atoms with Gasteiger partial charge in [0.05, 0.1) is 11.9 Å². The fourth-order valence-corrected chi connectivity index (χ4v) is 3.11. The van der Waals surface area contributed by atoms with E-state index in [1.165, 1.54) is 6.07 Å². The number of anilines is 1. The first-order valence-electron chi connectivity index (χ1n) is 9.52. The van der Waals surface area contributed by atoms with Gasteiger partial charge in [-0.2, -0.15) is 13.2 Å². The van der Waals surface area contributed by atoms with Gasteiger partial charge in [-0.1, -0.05) is 0 Å². The number of amides is 1. The van der Waals surface area contributed by atoms with E-state index < -0.39 is 11.9 Å². The minimum Gasteiger partial charge on any atom is -0.342 e. The van der Waals surface area contributed by atoms with Crippen LogP contribution >= 0.6 is 0 Å². The maximum Gasteiger partial charge on any atom is 0.433 e. The average molecular weight is 438 g/mol. The van der Waals surface area contributed by atoms with Crippen LogP contribution in [0.15, 0.2) is 67.5 Å².